The van der Waals surface area contributed by atoms with Crippen LogP contribution in [0.3, 0.4) is 0 Å². The van der Waals surface area contributed by atoms with E-state index in [0.29, 0.717) is 18.3 Å². The first-order chi connectivity index (χ1) is 14.2. The molecule has 2 aliphatic rings. The molecule has 5 rings (SSSR count). The summed E-state index contributed by atoms with van der Waals surface area (Å²) in [5.74, 6) is 2.65. The van der Waals surface area contributed by atoms with Gasteiger partial charge >= 0.3 is 0 Å². The van der Waals surface area contributed by atoms with E-state index in [9.17, 15) is 4.79 Å². The van der Waals surface area contributed by atoms with E-state index in [1.54, 1.807) is 0 Å². The van der Waals surface area contributed by atoms with Gasteiger partial charge in [0.05, 0.1) is 11.7 Å². The van der Waals surface area contributed by atoms with Gasteiger partial charge in [0.2, 0.25) is 5.82 Å². The zero-order valence-electron chi connectivity index (χ0n) is 16.7. The third-order valence-electron chi connectivity index (χ3n) is 5.91. The van der Waals surface area contributed by atoms with Crippen LogP contribution in [-0.4, -0.2) is 48.2 Å². The number of aryl methyl sites for hydroxylation is 1. The van der Waals surface area contributed by atoms with Crippen LogP contribution in [-0.2, 0) is 6.42 Å². The van der Waals surface area contributed by atoms with Crippen molar-refractivity contribution in [3.05, 3.63) is 60.2 Å². The topological polar surface area (TPSA) is 68.8 Å². The average Bonchev–Trinajstić information content (AvgIpc) is 3.34. The van der Waals surface area contributed by atoms with Crippen molar-refractivity contribution in [2.75, 3.05) is 13.1 Å². The molecular formula is C22H26N6O. The van der Waals surface area contributed by atoms with Crippen LogP contribution in [0.5, 0.6) is 0 Å². The first kappa shape index (κ1) is 18.1. The SMILES string of the molecule is CCc1nccn1C1CCCN(C(=O)c2nc(C3CC3)n(-c3ccccc3)n2)C1. The summed E-state index contributed by atoms with van der Waals surface area (Å²) in [6.45, 7) is 3.55. The Morgan fingerprint density at radius 1 is 1.17 bits per heavy atom. The summed E-state index contributed by atoms with van der Waals surface area (Å²) in [6, 6.07) is 10.2. The first-order valence-electron chi connectivity index (χ1n) is 10.6. The van der Waals surface area contributed by atoms with Gasteiger partial charge in [0, 0.05) is 37.8 Å². The van der Waals surface area contributed by atoms with Crippen molar-refractivity contribution in [2.24, 2.45) is 0 Å². The lowest BCUT2D eigenvalue weighted by molar-refractivity contribution is 0.0665. The molecule has 1 aliphatic heterocycles. The Bertz CT molecular complexity index is 1000. The molecule has 0 spiro atoms. The van der Waals surface area contributed by atoms with Gasteiger partial charge in [0.25, 0.3) is 5.91 Å². The molecule has 0 bridgehead atoms. The Labute approximate surface area is 170 Å². The fourth-order valence-corrected chi connectivity index (χ4v) is 4.24. The van der Waals surface area contributed by atoms with E-state index in [4.69, 9.17) is 0 Å². The average molecular weight is 390 g/mol. The number of para-hydroxylation sites is 1. The summed E-state index contributed by atoms with van der Waals surface area (Å²) >= 11 is 0. The third kappa shape index (κ3) is 3.45. The van der Waals surface area contributed by atoms with Crippen molar-refractivity contribution in [1.82, 2.24) is 29.2 Å². The quantitative estimate of drug-likeness (QED) is 0.670. The molecule has 0 radical (unpaired) electrons. The maximum atomic E-state index is 13.3. The van der Waals surface area contributed by atoms with Gasteiger partial charge in [-0.05, 0) is 37.8 Å². The van der Waals surface area contributed by atoms with E-state index in [-0.39, 0.29) is 11.9 Å². The van der Waals surface area contributed by atoms with Gasteiger partial charge in [-0.3, -0.25) is 4.79 Å². The molecule has 150 valence electrons. The van der Waals surface area contributed by atoms with Crippen molar-refractivity contribution in [2.45, 2.75) is 51.0 Å². The zero-order chi connectivity index (χ0) is 19.8. The zero-order valence-corrected chi connectivity index (χ0v) is 16.7. The Hall–Kier alpha value is -2.96. The lowest BCUT2D eigenvalue weighted by Gasteiger charge is -2.33. The van der Waals surface area contributed by atoms with Crippen LogP contribution >= 0.6 is 0 Å². The highest BCUT2D eigenvalue weighted by Crippen LogP contribution is 2.39. The van der Waals surface area contributed by atoms with Crippen molar-refractivity contribution in [1.29, 1.82) is 0 Å². The highest BCUT2D eigenvalue weighted by Gasteiger charge is 2.34. The third-order valence-corrected chi connectivity index (χ3v) is 5.91. The minimum atomic E-state index is -0.0653. The van der Waals surface area contributed by atoms with Crippen LogP contribution in [0, 0.1) is 0 Å². The normalized spacial score (nSPS) is 19.5. The lowest BCUT2D eigenvalue weighted by atomic mass is 10.1. The Kier molecular flexibility index (Phi) is 4.66. The van der Waals surface area contributed by atoms with E-state index in [1.807, 2.05) is 52.3 Å². The van der Waals surface area contributed by atoms with Gasteiger partial charge in [0.15, 0.2) is 0 Å². The minimum absolute atomic E-state index is 0.0653. The van der Waals surface area contributed by atoms with Crippen molar-refractivity contribution >= 4 is 5.91 Å². The fraction of sp³-hybridized carbons (Fsp3) is 0.455. The second-order valence-electron chi connectivity index (χ2n) is 7.97. The predicted molar refractivity (Wildman–Crippen MR) is 109 cm³/mol. The smallest absolute Gasteiger partial charge is 0.293 e. The predicted octanol–water partition coefficient (Wildman–Crippen LogP) is 3.38. The number of carbonyl (C=O) groups is 1. The lowest BCUT2D eigenvalue weighted by Crippen LogP contribution is -2.41. The second kappa shape index (κ2) is 7.46. The molecule has 1 amide bonds. The summed E-state index contributed by atoms with van der Waals surface area (Å²) in [7, 11) is 0. The van der Waals surface area contributed by atoms with E-state index >= 15 is 0 Å². The van der Waals surface area contributed by atoms with Gasteiger partial charge in [-0.2, -0.15) is 0 Å². The van der Waals surface area contributed by atoms with Crippen LogP contribution < -0.4 is 0 Å². The van der Waals surface area contributed by atoms with E-state index < -0.39 is 0 Å². The van der Waals surface area contributed by atoms with Crippen LogP contribution in [0.2, 0.25) is 0 Å². The molecule has 3 heterocycles. The van der Waals surface area contributed by atoms with Gasteiger partial charge in [-0.15, -0.1) is 5.10 Å². The van der Waals surface area contributed by atoms with Crippen molar-refractivity contribution in [3.8, 4) is 5.69 Å². The summed E-state index contributed by atoms with van der Waals surface area (Å²) in [5.41, 5.74) is 0.962. The number of hydrogen-bond donors (Lipinski definition) is 0. The van der Waals surface area contributed by atoms with Gasteiger partial charge in [-0.1, -0.05) is 25.1 Å². The molecule has 29 heavy (non-hydrogen) atoms. The van der Waals surface area contributed by atoms with E-state index in [0.717, 1.165) is 56.0 Å². The molecule has 1 aromatic carbocycles. The van der Waals surface area contributed by atoms with Gasteiger partial charge in [0.1, 0.15) is 11.6 Å². The fourth-order valence-electron chi connectivity index (χ4n) is 4.24. The highest BCUT2D eigenvalue weighted by molar-refractivity contribution is 5.90. The standard InChI is InChI=1S/C22H26N6O/c1-2-19-23-12-14-27(19)18-9-6-13-26(15-18)22(29)20-24-21(16-10-11-16)28(25-20)17-7-4-3-5-8-17/h3-5,7-8,12,14,16,18H,2,6,9-11,13,15H2,1H3. The Morgan fingerprint density at radius 2 is 2.00 bits per heavy atom. The first-order valence-corrected chi connectivity index (χ1v) is 10.6. The van der Waals surface area contributed by atoms with Crippen molar-refractivity contribution in [3.63, 3.8) is 0 Å². The highest BCUT2D eigenvalue weighted by atomic mass is 16.2. The molecule has 1 aliphatic carbocycles. The molecule has 2 fully saturated rings. The van der Waals surface area contributed by atoms with Crippen LogP contribution in [0.1, 0.15) is 66.8 Å². The Balaban J connectivity index is 1.40. The van der Waals surface area contributed by atoms with E-state index in [2.05, 4.69) is 26.6 Å². The summed E-state index contributed by atoms with van der Waals surface area (Å²) in [6.07, 6.45) is 9.05. The molecule has 7 heteroatoms. The van der Waals surface area contributed by atoms with Gasteiger partial charge in [-0.25, -0.2) is 14.6 Å². The maximum Gasteiger partial charge on any atom is 0.293 e. The van der Waals surface area contributed by atoms with Crippen LogP contribution in [0.15, 0.2) is 42.7 Å². The number of likely N-dealkylation sites (tertiary alicyclic amines) is 1. The van der Waals surface area contributed by atoms with Gasteiger partial charge < -0.3 is 9.47 Å². The number of carbonyl (C=O) groups excluding carboxylic acids is 1. The minimum Gasteiger partial charge on any atom is -0.334 e. The number of piperidine rings is 1. The molecule has 3 aromatic rings. The van der Waals surface area contributed by atoms with Crippen LogP contribution in [0.4, 0.5) is 0 Å². The number of benzene rings is 1. The number of hydrogen-bond acceptors (Lipinski definition) is 4. The summed E-state index contributed by atoms with van der Waals surface area (Å²) < 4.78 is 4.09. The summed E-state index contributed by atoms with van der Waals surface area (Å²) in [4.78, 5) is 24.3. The number of rotatable bonds is 5. The number of imidazole rings is 1. The van der Waals surface area contributed by atoms with Crippen LogP contribution in [0.25, 0.3) is 5.69 Å². The largest absolute Gasteiger partial charge is 0.334 e. The molecule has 2 aromatic heterocycles. The summed E-state index contributed by atoms with van der Waals surface area (Å²) in [5, 5.41) is 4.63. The molecule has 1 saturated heterocycles. The van der Waals surface area contributed by atoms with E-state index in [1.165, 1.54) is 0 Å². The second-order valence-corrected chi connectivity index (χ2v) is 7.97. The number of aromatic nitrogens is 5. The molecule has 7 nitrogen and oxygen atoms in total. The number of amides is 1. The Morgan fingerprint density at radius 3 is 2.76 bits per heavy atom. The maximum absolute atomic E-state index is 13.3. The molecule has 1 unspecified atom stereocenters. The molecule has 1 atom stereocenters. The molecule has 0 N–H and O–H groups in total. The molecule has 1 saturated carbocycles. The molecular weight excluding hydrogens is 364 g/mol. The monoisotopic (exact) mass is 390 g/mol. The number of nitrogens with zero attached hydrogens (tertiary/aromatic N) is 6. The van der Waals surface area contributed by atoms with Crippen molar-refractivity contribution < 1.29 is 4.79 Å².